The van der Waals surface area contributed by atoms with Gasteiger partial charge in [0.25, 0.3) is 0 Å². The Hall–Kier alpha value is -2.00. The lowest BCUT2D eigenvalue weighted by Gasteiger charge is -2.35. The molecule has 1 N–H and O–H groups in total. The van der Waals surface area contributed by atoms with Gasteiger partial charge in [-0.2, -0.15) is 0 Å². The molecule has 1 fully saturated rings. The van der Waals surface area contributed by atoms with Crippen molar-refractivity contribution in [1.82, 2.24) is 14.9 Å². The monoisotopic (exact) mass is 380 g/mol. The van der Waals surface area contributed by atoms with E-state index in [0.717, 1.165) is 13.1 Å². The number of aromatic nitrogens is 2. The van der Waals surface area contributed by atoms with Crippen LogP contribution >= 0.6 is 0 Å². The topological polar surface area (TPSA) is 98.9 Å². The molecule has 0 radical (unpaired) electrons. The van der Waals surface area contributed by atoms with Gasteiger partial charge in [0.05, 0.1) is 11.5 Å². The minimum Gasteiger partial charge on any atom is -0.395 e. The van der Waals surface area contributed by atoms with Crippen molar-refractivity contribution in [2.45, 2.75) is 27.7 Å². The number of piperazine rings is 1. The lowest BCUT2D eigenvalue weighted by molar-refractivity contribution is -0.383. The molecule has 152 valence electrons. The third-order valence-corrected chi connectivity index (χ3v) is 4.52. The molecule has 2 heterocycles. The lowest BCUT2D eigenvalue weighted by Crippen LogP contribution is -2.47. The van der Waals surface area contributed by atoms with E-state index in [1.54, 1.807) is 0 Å². The van der Waals surface area contributed by atoms with Crippen molar-refractivity contribution in [3.63, 3.8) is 0 Å². The van der Waals surface area contributed by atoms with Crippen LogP contribution in [-0.4, -0.2) is 77.3 Å². The average Bonchev–Trinajstić information content (AvgIpc) is 2.60. The molecule has 1 aromatic rings. The molecule has 0 amide bonds. The molecule has 9 heteroatoms. The first-order valence-corrected chi connectivity index (χ1v) is 9.66. The predicted molar refractivity (Wildman–Crippen MR) is 106 cm³/mol. The van der Waals surface area contributed by atoms with Gasteiger partial charge in [-0.05, 0) is 11.8 Å². The van der Waals surface area contributed by atoms with Gasteiger partial charge in [0.15, 0.2) is 0 Å². The molecule has 2 rings (SSSR count). The summed E-state index contributed by atoms with van der Waals surface area (Å²) in [6.45, 7) is 13.3. The van der Waals surface area contributed by atoms with Crippen LogP contribution in [0.5, 0.6) is 0 Å². The van der Waals surface area contributed by atoms with Gasteiger partial charge in [0.1, 0.15) is 6.33 Å². The number of β-amino-alcohol motifs (C(OH)–C–C–N with tert-alkyl or cyclic N) is 1. The molecule has 9 nitrogen and oxygen atoms in total. The predicted octanol–water partition coefficient (Wildman–Crippen LogP) is 1.62. The molecule has 0 aromatic carbocycles. The zero-order chi connectivity index (χ0) is 20.0. The molecular formula is C18H32N6O3. The van der Waals surface area contributed by atoms with Crippen molar-refractivity contribution in [2.75, 3.05) is 62.2 Å². The fourth-order valence-electron chi connectivity index (χ4n) is 3.44. The highest BCUT2D eigenvalue weighted by molar-refractivity contribution is 5.71. The minimum atomic E-state index is -0.349. The van der Waals surface area contributed by atoms with Crippen molar-refractivity contribution in [3.05, 3.63) is 16.4 Å². The first kappa shape index (κ1) is 21.3. The summed E-state index contributed by atoms with van der Waals surface area (Å²) in [4.78, 5) is 26.3. The Morgan fingerprint density at radius 1 is 1.15 bits per heavy atom. The molecule has 27 heavy (non-hydrogen) atoms. The highest BCUT2D eigenvalue weighted by Gasteiger charge is 2.31. The molecule has 0 unspecified atom stereocenters. The van der Waals surface area contributed by atoms with Crippen LogP contribution in [-0.2, 0) is 0 Å². The van der Waals surface area contributed by atoms with Crippen molar-refractivity contribution < 1.29 is 10.0 Å². The SMILES string of the molecule is CC(C)CN(CC(C)C)c1ncnc(N2CCN(CCO)CC2)c1[N+](=O)[O-]. The van der Waals surface area contributed by atoms with Gasteiger partial charge in [-0.15, -0.1) is 0 Å². The minimum absolute atomic E-state index is 0.00518. The van der Waals surface area contributed by atoms with Crippen LogP contribution in [0.2, 0.25) is 0 Å². The fourth-order valence-corrected chi connectivity index (χ4v) is 3.44. The van der Waals surface area contributed by atoms with E-state index in [1.165, 1.54) is 6.33 Å². The van der Waals surface area contributed by atoms with E-state index < -0.39 is 0 Å². The van der Waals surface area contributed by atoms with Gasteiger partial charge in [-0.1, -0.05) is 27.7 Å². The van der Waals surface area contributed by atoms with Crippen LogP contribution in [0, 0.1) is 22.0 Å². The summed E-state index contributed by atoms with van der Waals surface area (Å²) in [5, 5.41) is 21.0. The van der Waals surface area contributed by atoms with Crippen molar-refractivity contribution in [1.29, 1.82) is 0 Å². The molecule has 1 aliphatic heterocycles. The van der Waals surface area contributed by atoms with Gasteiger partial charge in [-0.25, -0.2) is 9.97 Å². The van der Waals surface area contributed by atoms with Crippen LogP contribution in [0.25, 0.3) is 0 Å². The third-order valence-electron chi connectivity index (χ3n) is 4.52. The molecule has 1 aliphatic rings. The van der Waals surface area contributed by atoms with Crippen molar-refractivity contribution >= 4 is 17.3 Å². The van der Waals surface area contributed by atoms with E-state index in [1.807, 2.05) is 9.80 Å². The first-order valence-electron chi connectivity index (χ1n) is 9.66. The summed E-state index contributed by atoms with van der Waals surface area (Å²) < 4.78 is 0. The smallest absolute Gasteiger partial charge is 0.353 e. The first-order chi connectivity index (χ1) is 12.8. The fraction of sp³-hybridized carbons (Fsp3) is 0.778. The van der Waals surface area contributed by atoms with Crippen LogP contribution in [0.4, 0.5) is 17.3 Å². The van der Waals surface area contributed by atoms with Gasteiger partial charge < -0.3 is 14.9 Å². The third kappa shape index (κ3) is 5.74. The summed E-state index contributed by atoms with van der Waals surface area (Å²) >= 11 is 0. The van der Waals surface area contributed by atoms with E-state index in [-0.39, 0.29) is 17.2 Å². The number of hydrogen-bond donors (Lipinski definition) is 1. The Labute approximate surface area is 161 Å². The van der Waals surface area contributed by atoms with Crippen LogP contribution in [0.15, 0.2) is 6.33 Å². The van der Waals surface area contributed by atoms with Gasteiger partial charge in [0.2, 0.25) is 11.6 Å². The quantitative estimate of drug-likeness (QED) is 0.510. The molecule has 1 saturated heterocycles. The zero-order valence-electron chi connectivity index (χ0n) is 16.8. The molecule has 0 bridgehead atoms. The second kappa shape index (κ2) is 9.80. The maximum absolute atomic E-state index is 12.0. The van der Waals surface area contributed by atoms with Gasteiger partial charge in [-0.3, -0.25) is 15.0 Å². The maximum atomic E-state index is 12.0. The normalized spacial score (nSPS) is 15.6. The van der Waals surface area contributed by atoms with Crippen molar-refractivity contribution in [2.24, 2.45) is 11.8 Å². The second-order valence-corrected chi connectivity index (χ2v) is 7.87. The highest BCUT2D eigenvalue weighted by atomic mass is 16.6. The standard InChI is InChI=1S/C18H32N6O3/c1-14(2)11-23(12-15(3)4)18-16(24(26)27)17(19-13-20-18)22-7-5-21(6-8-22)9-10-25/h13-15,25H,5-12H2,1-4H3. The van der Waals surface area contributed by atoms with E-state index in [2.05, 4.69) is 42.6 Å². The number of nitro groups is 1. The van der Waals surface area contributed by atoms with Gasteiger partial charge in [0, 0.05) is 45.8 Å². The van der Waals surface area contributed by atoms with E-state index in [4.69, 9.17) is 5.11 Å². The van der Waals surface area contributed by atoms with Crippen LogP contribution in [0.1, 0.15) is 27.7 Å². The van der Waals surface area contributed by atoms with Crippen molar-refractivity contribution in [3.8, 4) is 0 Å². The number of nitrogens with zero attached hydrogens (tertiary/aromatic N) is 6. The number of aliphatic hydroxyl groups excluding tert-OH is 1. The van der Waals surface area contributed by atoms with E-state index >= 15 is 0 Å². The number of hydrogen-bond acceptors (Lipinski definition) is 8. The van der Waals surface area contributed by atoms with Crippen LogP contribution < -0.4 is 9.80 Å². The van der Waals surface area contributed by atoms with E-state index in [0.29, 0.717) is 56.2 Å². The largest absolute Gasteiger partial charge is 0.395 e. The molecule has 0 spiro atoms. The summed E-state index contributed by atoms with van der Waals surface area (Å²) in [6, 6.07) is 0. The molecule has 0 atom stereocenters. The lowest BCUT2D eigenvalue weighted by atomic mass is 10.1. The number of anilines is 2. The molecule has 0 saturated carbocycles. The van der Waals surface area contributed by atoms with Gasteiger partial charge >= 0.3 is 5.69 Å². The summed E-state index contributed by atoms with van der Waals surface area (Å²) in [5.41, 5.74) is -0.00518. The Bertz CT molecular complexity index is 607. The number of rotatable bonds is 9. The highest BCUT2D eigenvalue weighted by Crippen LogP contribution is 2.35. The Kier molecular flexibility index (Phi) is 7.73. The summed E-state index contributed by atoms with van der Waals surface area (Å²) in [7, 11) is 0. The average molecular weight is 380 g/mol. The van der Waals surface area contributed by atoms with E-state index in [9.17, 15) is 10.1 Å². The Morgan fingerprint density at radius 3 is 2.22 bits per heavy atom. The number of aliphatic hydroxyl groups is 1. The molecule has 1 aromatic heterocycles. The van der Waals surface area contributed by atoms with Crippen LogP contribution in [0.3, 0.4) is 0 Å². The zero-order valence-corrected chi connectivity index (χ0v) is 16.8. The second-order valence-electron chi connectivity index (χ2n) is 7.87. The summed E-state index contributed by atoms with van der Waals surface area (Å²) in [5.74, 6) is 1.53. The molecule has 0 aliphatic carbocycles. The molecular weight excluding hydrogens is 348 g/mol. The Morgan fingerprint density at radius 2 is 1.74 bits per heavy atom. The maximum Gasteiger partial charge on any atom is 0.353 e. The summed E-state index contributed by atoms with van der Waals surface area (Å²) in [6.07, 6.45) is 1.44. The Balaban J connectivity index is 2.34.